The zero-order valence-electron chi connectivity index (χ0n) is 14.4. The molecule has 1 fully saturated rings. The van der Waals surface area contributed by atoms with Gasteiger partial charge in [0.1, 0.15) is 12.4 Å². The molecular weight excluding hydrogens is 398 g/mol. The fourth-order valence-corrected chi connectivity index (χ4v) is 4.36. The third-order valence-electron chi connectivity index (χ3n) is 4.35. The van der Waals surface area contributed by atoms with Gasteiger partial charge >= 0.3 is 0 Å². The van der Waals surface area contributed by atoms with Crippen LogP contribution in [0.5, 0.6) is 5.75 Å². The molecule has 146 valence electrons. The molecule has 0 spiro atoms. The molecule has 2 aromatic carbocycles. The maximum absolute atomic E-state index is 13.4. The fourth-order valence-electron chi connectivity index (χ4n) is 2.80. The standard InChI is InChI=1S/C18H19ClF2N2O3S/c19-14-1-3-15(4-2-14)26-12-11-22-7-9-23(10-8-22)27(24,25)16-5-6-17(20)18(21)13-16/h1-6,13H,7-12H2. The molecule has 0 saturated carbocycles. The lowest BCUT2D eigenvalue weighted by molar-refractivity contribution is 0.159. The van der Waals surface area contributed by atoms with Crippen LogP contribution >= 0.6 is 11.6 Å². The van der Waals surface area contributed by atoms with Gasteiger partial charge in [0, 0.05) is 37.7 Å². The van der Waals surface area contributed by atoms with Crippen LogP contribution in [0.25, 0.3) is 0 Å². The van der Waals surface area contributed by atoms with Gasteiger partial charge in [-0.25, -0.2) is 17.2 Å². The van der Waals surface area contributed by atoms with Crippen molar-refractivity contribution < 1.29 is 21.9 Å². The van der Waals surface area contributed by atoms with Crippen molar-refractivity contribution in [2.24, 2.45) is 0 Å². The quantitative estimate of drug-likeness (QED) is 0.726. The van der Waals surface area contributed by atoms with Gasteiger partial charge < -0.3 is 4.74 Å². The fraction of sp³-hybridized carbons (Fsp3) is 0.333. The Kier molecular flexibility index (Phi) is 6.31. The van der Waals surface area contributed by atoms with Crippen molar-refractivity contribution in [3.63, 3.8) is 0 Å². The van der Waals surface area contributed by atoms with Crippen LogP contribution in [0, 0.1) is 11.6 Å². The molecule has 27 heavy (non-hydrogen) atoms. The minimum absolute atomic E-state index is 0.235. The highest BCUT2D eigenvalue weighted by Crippen LogP contribution is 2.20. The molecule has 3 rings (SSSR count). The number of sulfonamides is 1. The van der Waals surface area contributed by atoms with E-state index in [0.29, 0.717) is 31.3 Å². The van der Waals surface area contributed by atoms with Crippen molar-refractivity contribution in [2.75, 3.05) is 39.3 Å². The second-order valence-corrected chi connectivity index (χ2v) is 8.50. The zero-order valence-corrected chi connectivity index (χ0v) is 16.0. The van der Waals surface area contributed by atoms with Crippen LogP contribution in [0.3, 0.4) is 0 Å². The molecule has 1 saturated heterocycles. The summed E-state index contributed by atoms with van der Waals surface area (Å²) in [5.74, 6) is -1.52. The average Bonchev–Trinajstić information content (AvgIpc) is 2.66. The van der Waals surface area contributed by atoms with E-state index < -0.39 is 21.7 Å². The summed E-state index contributed by atoms with van der Waals surface area (Å²) in [6.45, 7) is 2.75. The third kappa shape index (κ3) is 4.95. The van der Waals surface area contributed by atoms with Crippen LogP contribution in [0.1, 0.15) is 0 Å². The van der Waals surface area contributed by atoms with Crippen molar-refractivity contribution in [3.8, 4) is 5.75 Å². The van der Waals surface area contributed by atoms with E-state index in [1.54, 1.807) is 24.3 Å². The summed E-state index contributed by atoms with van der Waals surface area (Å²) in [7, 11) is -3.84. The summed E-state index contributed by atoms with van der Waals surface area (Å²) in [6.07, 6.45) is 0. The molecule has 1 aliphatic heterocycles. The number of hydrogen-bond donors (Lipinski definition) is 0. The predicted molar refractivity (Wildman–Crippen MR) is 98.5 cm³/mol. The molecular formula is C18H19ClF2N2O3S. The first-order valence-corrected chi connectivity index (χ1v) is 10.2. The molecule has 9 heteroatoms. The van der Waals surface area contributed by atoms with Gasteiger partial charge in [0.25, 0.3) is 0 Å². The van der Waals surface area contributed by atoms with Crippen molar-refractivity contribution in [1.29, 1.82) is 0 Å². The van der Waals surface area contributed by atoms with Gasteiger partial charge in [0.15, 0.2) is 11.6 Å². The third-order valence-corrected chi connectivity index (χ3v) is 6.50. The van der Waals surface area contributed by atoms with Gasteiger partial charge in [0.05, 0.1) is 4.90 Å². The first-order valence-electron chi connectivity index (χ1n) is 8.42. The highest BCUT2D eigenvalue weighted by Gasteiger charge is 2.29. The maximum Gasteiger partial charge on any atom is 0.243 e. The van der Waals surface area contributed by atoms with Gasteiger partial charge in [-0.2, -0.15) is 4.31 Å². The summed E-state index contributed by atoms with van der Waals surface area (Å²) in [6, 6.07) is 9.70. The molecule has 1 heterocycles. The van der Waals surface area contributed by atoms with Crippen molar-refractivity contribution >= 4 is 21.6 Å². The van der Waals surface area contributed by atoms with Gasteiger partial charge in [-0.15, -0.1) is 0 Å². The van der Waals surface area contributed by atoms with E-state index in [4.69, 9.17) is 16.3 Å². The van der Waals surface area contributed by atoms with E-state index in [0.717, 1.165) is 23.9 Å². The summed E-state index contributed by atoms with van der Waals surface area (Å²) in [5.41, 5.74) is 0. The number of benzene rings is 2. The first-order chi connectivity index (χ1) is 12.9. The topological polar surface area (TPSA) is 49.9 Å². The van der Waals surface area contributed by atoms with Crippen LogP contribution in [-0.4, -0.2) is 57.0 Å². The van der Waals surface area contributed by atoms with E-state index in [2.05, 4.69) is 4.90 Å². The highest BCUT2D eigenvalue weighted by atomic mass is 35.5. The minimum atomic E-state index is -3.84. The van der Waals surface area contributed by atoms with Crippen LogP contribution < -0.4 is 4.74 Å². The summed E-state index contributed by atoms with van der Waals surface area (Å²) >= 11 is 5.82. The molecule has 0 aromatic heterocycles. The van der Waals surface area contributed by atoms with Gasteiger partial charge in [-0.1, -0.05) is 11.6 Å². The lowest BCUT2D eigenvalue weighted by Gasteiger charge is -2.33. The molecule has 1 aliphatic rings. The Morgan fingerprint density at radius 3 is 2.26 bits per heavy atom. The van der Waals surface area contributed by atoms with Crippen molar-refractivity contribution in [3.05, 3.63) is 59.1 Å². The molecule has 0 bridgehead atoms. The minimum Gasteiger partial charge on any atom is -0.492 e. The summed E-state index contributed by atoms with van der Waals surface area (Å²) in [4.78, 5) is 1.86. The van der Waals surface area contributed by atoms with Gasteiger partial charge in [0.2, 0.25) is 10.0 Å². The SMILES string of the molecule is O=S(=O)(c1ccc(F)c(F)c1)N1CCN(CCOc2ccc(Cl)cc2)CC1. The maximum atomic E-state index is 13.4. The molecule has 5 nitrogen and oxygen atoms in total. The normalized spacial score (nSPS) is 16.4. The molecule has 0 aliphatic carbocycles. The summed E-state index contributed by atoms with van der Waals surface area (Å²) in [5, 5.41) is 0.640. The lowest BCUT2D eigenvalue weighted by atomic mass is 10.3. The van der Waals surface area contributed by atoms with E-state index in [1.165, 1.54) is 4.31 Å². The number of nitrogens with zero attached hydrogens (tertiary/aromatic N) is 2. The van der Waals surface area contributed by atoms with Gasteiger partial charge in [-0.3, -0.25) is 4.90 Å². The second kappa shape index (κ2) is 8.52. The van der Waals surface area contributed by atoms with E-state index >= 15 is 0 Å². The Labute approximate surface area is 162 Å². The molecule has 2 aromatic rings. The molecule has 0 radical (unpaired) electrons. The number of hydrogen-bond acceptors (Lipinski definition) is 4. The predicted octanol–water partition coefficient (Wildman–Crippen LogP) is 3.00. The largest absolute Gasteiger partial charge is 0.492 e. The van der Waals surface area contributed by atoms with Crippen LogP contribution in [0.15, 0.2) is 47.4 Å². The molecule has 0 amide bonds. The van der Waals surface area contributed by atoms with E-state index in [-0.39, 0.29) is 18.0 Å². The Hall–Kier alpha value is -1.74. The number of piperazine rings is 1. The van der Waals surface area contributed by atoms with E-state index in [9.17, 15) is 17.2 Å². The Morgan fingerprint density at radius 2 is 1.63 bits per heavy atom. The molecule has 0 N–H and O–H groups in total. The van der Waals surface area contributed by atoms with Crippen LogP contribution in [0.4, 0.5) is 8.78 Å². The Bertz CT molecular complexity index is 886. The lowest BCUT2D eigenvalue weighted by Crippen LogP contribution is -2.49. The van der Waals surface area contributed by atoms with Crippen LogP contribution in [0.2, 0.25) is 5.02 Å². The van der Waals surface area contributed by atoms with E-state index in [1.807, 2.05) is 0 Å². The average molecular weight is 417 g/mol. The molecule has 0 atom stereocenters. The van der Waals surface area contributed by atoms with Crippen molar-refractivity contribution in [2.45, 2.75) is 4.90 Å². The highest BCUT2D eigenvalue weighted by molar-refractivity contribution is 7.89. The number of rotatable bonds is 6. The number of halogens is 3. The zero-order chi connectivity index (χ0) is 19.4. The summed E-state index contributed by atoms with van der Waals surface area (Å²) < 4.78 is 58.4. The monoisotopic (exact) mass is 416 g/mol. The van der Waals surface area contributed by atoms with Gasteiger partial charge in [-0.05, 0) is 42.5 Å². The number of ether oxygens (including phenoxy) is 1. The van der Waals surface area contributed by atoms with Crippen LogP contribution in [-0.2, 0) is 10.0 Å². The Morgan fingerprint density at radius 1 is 0.963 bits per heavy atom. The second-order valence-electron chi connectivity index (χ2n) is 6.12. The Balaban J connectivity index is 1.50. The first kappa shape index (κ1) is 20.0. The molecule has 0 unspecified atom stereocenters. The van der Waals surface area contributed by atoms with Crippen molar-refractivity contribution in [1.82, 2.24) is 9.21 Å². The smallest absolute Gasteiger partial charge is 0.243 e.